The number of carbonyl (C=O) groups excluding carboxylic acids is 1. The van der Waals surface area contributed by atoms with Gasteiger partial charge in [-0.2, -0.15) is 0 Å². The van der Waals surface area contributed by atoms with Crippen molar-refractivity contribution in [2.45, 2.75) is 38.8 Å². The van der Waals surface area contributed by atoms with Gasteiger partial charge in [0.1, 0.15) is 0 Å². The van der Waals surface area contributed by atoms with Crippen LogP contribution in [0.1, 0.15) is 26.7 Å². The fourth-order valence-electron chi connectivity index (χ4n) is 1.39. The minimum absolute atomic E-state index is 0.0449. The molecule has 0 aromatic carbocycles. The molecule has 1 atom stereocenters. The molecule has 0 aliphatic carbocycles. The maximum Gasteiger partial charge on any atom is 0.407 e. The van der Waals surface area contributed by atoms with Crippen molar-refractivity contribution in [2.75, 3.05) is 13.1 Å². The number of alkyl carbamates (subject to hydrolysis) is 1. The van der Waals surface area contributed by atoms with E-state index in [0.717, 1.165) is 25.9 Å². The lowest BCUT2D eigenvalue weighted by Crippen LogP contribution is -2.46. The number of nitrogens with one attached hydrogen (secondary N) is 2. The molecule has 1 unspecified atom stereocenters. The minimum Gasteiger partial charge on any atom is -0.447 e. The van der Waals surface area contributed by atoms with Crippen LogP contribution < -0.4 is 10.6 Å². The number of ether oxygens (including phenoxy) is 1. The van der Waals surface area contributed by atoms with Crippen LogP contribution in [0.2, 0.25) is 0 Å². The molecule has 0 bridgehead atoms. The summed E-state index contributed by atoms with van der Waals surface area (Å²) in [5, 5.41) is 6.05. The van der Waals surface area contributed by atoms with Crippen molar-refractivity contribution in [3.63, 3.8) is 0 Å². The van der Waals surface area contributed by atoms with E-state index < -0.39 is 0 Å². The summed E-state index contributed by atoms with van der Waals surface area (Å²) in [7, 11) is 0. The molecule has 76 valence electrons. The van der Waals surface area contributed by atoms with Gasteiger partial charge in [-0.05, 0) is 33.2 Å². The van der Waals surface area contributed by atoms with E-state index >= 15 is 0 Å². The Kier molecular flexibility index (Phi) is 4.02. The highest BCUT2D eigenvalue weighted by atomic mass is 16.6. The molecular formula is C9H18N2O2. The molecule has 1 aliphatic heterocycles. The van der Waals surface area contributed by atoms with Crippen molar-refractivity contribution in [3.05, 3.63) is 0 Å². The van der Waals surface area contributed by atoms with Gasteiger partial charge in [-0.1, -0.05) is 0 Å². The second kappa shape index (κ2) is 5.07. The molecule has 2 N–H and O–H groups in total. The fraction of sp³-hybridized carbons (Fsp3) is 0.889. The Bertz CT molecular complexity index is 165. The average Bonchev–Trinajstić information content (AvgIpc) is 2.04. The summed E-state index contributed by atoms with van der Waals surface area (Å²) in [4.78, 5) is 11.2. The number of rotatable bonds is 2. The van der Waals surface area contributed by atoms with Gasteiger partial charge in [0.2, 0.25) is 0 Å². The zero-order valence-electron chi connectivity index (χ0n) is 8.30. The average molecular weight is 186 g/mol. The number of hydrogen-bond donors (Lipinski definition) is 2. The first-order chi connectivity index (χ1) is 6.18. The predicted molar refractivity (Wildman–Crippen MR) is 50.6 cm³/mol. The van der Waals surface area contributed by atoms with Gasteiger partial charge >= 0.3 is 6.09 Å². The van der Waals surface area contributed by atoms with Crippen molar-refractivity contribution < 1.29 is 9.53 Å². The van der Waals surface area contributed by atoms with Crippen LogP contribution in [0.5, 0.6) is 0 Å². The third-order valence-electron chi connectivity index (χ3n) is 1.96. The Labute approximate surface area is 79.0 Å². The molecule has 4 nitrogen and oxygen atoms in total. The van der Waals surface area contributed by atoms with Crippen molar-refractivity contribution in [3.8, 4) is 0 Å². The number of piperidine rings is 1. The molecule has 1 saturated heterocycles. The molecule has 4 heteroatoms. The molecule has 1 rings (SSSR count). The highest BCUT2D eigenvalue weighted by Crippen LogP contribution is 2.01. The number of amides is 1. The van der Waals surface area contributed by atoms with Crippen LogP contribution in [0.4, 0.5) is 4.79 Å². The molecule has 1 heterocycles. The van der Waals surface area contributed by atoms with E-state index in [1.807, 2.05) is 13.8 Å². The number of carbonyl (C=O) groups is 1. The molecule has 0 radical (unpaired) electrons. The molecular weight excluding hydrogens is 168 g/mol. The summed E-state index contributed by atoms with van der Waals surface area (Å²) in [6.07, 6.45) is 1.81. The predicted octanol–water partition coefficient (Wildman–Crippen LogP) is 0.873. The zero-order chi connectivity index (χ0) is 9.68. The van der Waals surface area contributed by atoms with Gasteiger partial charge in [0.05, 0.1) is 6.10 Å². The fourth-order valence-corrected chi connectivity index (χ4v) is 1.39. The van der Waals surface area contributed by atoms with E-state index in [1.54, 1.807) is 0 Å². The van der Waals surface area contributed by atoms with Crippen LogP contribution in [0, 0.1) is 0 Å². The summed E-state index contributed by atoms with van der Waals surface area (Å²) in [6.45, 7) is 5.60. The monoisotopic (exact) mass is 186 g/mol. The van der Waals surface area contributed by atoms with Crippen molar-refractivity contribution in [2.24, 2.45) is 0 Å². The van der Waals surface area contributed by atoms with Gasteiger partial charge < -0.3 is 15.4 Å². The Morgan fingerprint density at radius 1 is 1.62 bits per heavy atom. The summed E-state index contributed by atoms with van der Waals surface area (Å²) in [5.74, 6) is 0. The Morgan fingerprint density at radius 2 is 2.38 bits per heavy atom. The van der Waals surface area contributed by atoms with Gasteiger partial charge in [-0.3, -0.25) is 0 Å². The summed E-state index contributed by atoms with van der Waals surface area (Å²) >= 11 is 0. The molecule has 1 aliphatic rings. The van der Waals surface area contributed by atoms with Crippen LogP contribution in [0.25, 0.3) is 0 Å². The Hall–Kier alpha value is -0.770. The topological polar surface area (TPSA) is 50.4 Å². The Balaban J connectivity index is 2.18. The van der Waals surface area contributed by atoms with Gasteiger partial charge in [-0.15, -0.1) is 0 Å². The third-order valence-corrected chi connectivity index (χ3v) is 1.96. The van der Waals surface area contributed by atoms with Gasteiger partial charge in [0.25, 0.3) is 0 Å². The maximum absolute atomic E-state index is 11.2. The highest BCUT2D eigenvalue weighted by Gasteiger charge is 2.16. The van der Waals surface area contributed by atoms with E-state index in [2.05, 4.69) is 10.6 Å². The molecule has 0 aromatic rings. The first kappa shape index (κ1) is 10.3. The van der Waals surface area contributed by atoms with Gasteiger partial charge in [0.15, 0.2) is 0 Å². The minimum atomic E-state index is -0.302. The number of hydrogen-bond acceptors (Lipinski definition) is 3. The van der Waals surface area contributed by atoms with Crippen LogP contribution in [0.15, 0.2) is 0 Å². The molecule has 13 heavy (non-hydrogen) atoms. The third kappa shape index (κ3) is 4.12. The van der Waals surface area contributed by atoms with E-state index in [1.165, 1.54) is 0 Å². The van der Waals surface area contributed by atoms with Crippen molar-refractivity contribution in [1.82, 2.24) is 10.6 Å². The largest absolute Gasteiger partial charge is 0.447 e. The van der Waals surface area contributed by atoms with E-state index in [9.17, 15) is 4.79 Å². The van der Waals surface area contributed by atoms with Crippen LogP contribution in [-0.4, -0.2) is 31.3 Å². The Morgan fingerprint density at radius 3 is 2.92 bits per heavy atom. The normalized spacial score (nSPS) is 22.8. The molecule has 0 aromatic heterocycles. The first-order valence-electron chi connectivity index (χ1n) is 4.86. The van der Waals surface area contributed by atoms with Gasteiger partial charge in [-0.25, -0.2) is 4.79 Å². The lowest BCUT2D eigenvalue weighted by atomic mass is 10.1. The van der Waals surface area contributed by atoms with Crippen LogP contribution in [-0.2, 0) is 4.74 Å². The molecule has 0 saturated carbocycles. The second-order valence-electron chi connectivity index (χ2n) is 3.64. The SMILES string of the molecule is CC(C)OC(=O)NC1CCCNC1. The van der Waals surface area contributed by atoms with Crippen molar-refractivity contribution >= 4 is 6.09 Å². The summed E-state index contributed by atoms with van der Waals surface area (Å²) < 4.78 is 4.98. The van der Waals surface area contributed by atoms with E-state index in [0.29, 0.717) is 0 Å². The quantitative estimate of drug-likeness (QED) is 0.673. The van der Waals surface area contributed by atoms with Crippen LogP contribution in [0.3, 0.4) is 0 Å². The zero-order valence-corrected chi connectivity index (χ0v) is 8.30. The highest BCUT2D eigenvalue weighted by molar-refractivity contribution is 5.67. The lowest BCUT2D eigenvalue weighted by molar-refractivity contribution is 0.110. The van der Waals surface area contributed by atoms with Crippen molar-refractivity contribution in [1.29, 1.82) is 0 Å². The molecule has 0 spiro atoms. The van der Waals surface area contributed by atoms with E-state index in [-0.39, 0.29) is 18.2 Å². The van der Waals surface area contributed by atoms with Crippen LogP contribution >= 0.6 is 0 Å². The standard InChI is InChI=1S/C9H18N2O2/c1-7(2)13-9(12)11-8-4-3-5-10-6-8/h7-8,10H,3-6H2,1-2H3,(H,11,12). The second-order valence-corrected chi connectivity index (χ2v) is 3.64. The summed E-state index contributed by atoms with van der Waals surface area (Å²) in [6, 6.07) is 0.236. The molecule has 1 fully saturated rings. The molecule has 1 amide bonds. The maximum atomic E-state index is 11.2. The lowest BCUT2D eigenvalue weighted by Gasteiger charge is -2.23. The summed E-state index contributed by atoms with van der Waals surface area (Å²) in [5.41, 5.74) is 0. The first-order valence-corrected chi connectivity index (χ1v) is 4.86. The smallest absolute Gasteiger partial charge is 0.407 e. The van der Waals surface area contributed by atoms with Gasteiger partial charge in [0, 0.05) is 12.6 Å². The van der Waals surface area contributed by atoms with E-state index in [4.69, 9.17) is 4.74 Å².